The smallest absolute Gasteiger partial charge is 0.272 e. The maximum Gasteiger partial charge on any atom is 0.272 e. The number of aromatic nitrogens is 2. The van der Waals surface area contributed by atoms with Crippen molar-refractivity contribution >= 4 is 23.1 Å². The molecule has 0 radical (unpaired) electrons. The predicted octanol–water partition coefficient (Wildman–Crippen LogP) is 4.63. The number of ketones is 1. The number of nitrogens with one attached hydrogen (secondary N) is 2. The van der Waals surface area contributed by atoms with Gasteiger partial charge in [0.15, 0.2) is 5.78 Å². The number of rotatable bonds is 9. The lowest BCUT2D eigenvalue weighted by Gasteiger charge is -2.25. The molecular weight excluding hydrogens is 454 g/mol. The Kier molecular flexibility index (Phi) is 7.16. The van der Waals surface area contributed by atoms with Crippen LogP contribution in [0.3, 0.4) is 0 Å². The van der Waals surface area contributed by atoms with Gasteiger partial charge in [0.05, 0.1) is 12.0 Å². The fourth-order valence-corrected chi connectivity index (χ4v) is 4.06. The van der Waals surface area contributed by atoms with Crippen LogP contribution in [0.4, 0.5) is 20.2 Å². The van der Waals surface area contributed by atoms with Gasteiger partial charge in [0.25, 0.3) is 5.92 Å². The highest BCUT2D eigenvalue weighted by Crippen LogP contribution is 2.35. The predicted molar refractivity (Wildman–Crippen MR) is 126 cm³/mol. The topological polar surface area (TPSA) is 93.2 Å². The van der Waals surface area contributed by atoms with Gasteiger partial charge < -0.3 is 15.4 Å². The van der Waals surface area contributed by atoms with E-state index in [9.17, 15) is 18.4 Å². The van der Waals surface area contributed by atoms with Gasteiger partial charge in [-0.15, -0.1) is 5.10 Å². The Balaban J connectivity index is 1.38. The number of carbonyl (C=O) groups is 2. The Hall–Kier alpha value is -3.72. The van der Waals surface area contributed by atoms with Crippen molar-refractivity contribution in [1.82, 2.24) is 15.5 Å². The van der Waals surface area contributed by atoms with E-state index in [2.05, 4.69) is 20.8 Å². The summed E-state index contributed by atoms with van der Waals surface area (Å²) < 4.78 is 33.2. The highest BCUT2D eigenvalue weighted by molar-refractivity contribution is 5.98. The van der Waals surface area contributed by atoms with Gasteiger partial charge in [-0.25, -0.2) is 8.78 Å². The van der Waals surface area contributed by atoms with Crippen molar-refractivity contribution in [3.05, 3.63) is 83.7 Å². The van der Waals surface area contributed by atoms with Gasteiger partial charge in [-0.1, -0.05) is 30.3 Å². The number of hydrogen-bond acceptors (Lipinski definition) is 6. The van der Waals surface area contributed by atoms with Crippen LogP contribution in [0, 0.1) is 5.41 Å². The molecule has 1 atom stereocenters. The largest absolute Gasteiger partial charge is 0.380 e. The molecule has 7 nitrogen and oxygen atoms in total. The van der Waals surface area contributed by atoms with Crippen LogP contribution < -0.4 is 10.6 Å². The molecular formula is C26H26F2N4O3. The van der Waals surface area contributed by atoms with Crippen LogP contribution in [0.2, 0.25) is 0 Å². The van der Waals surface area contributed by atoms with Crippen molar-refractivity contribution in [1.29, 1.82) is 0 Å². The standard InChI is InChI=1S/C26H26F2N4O3/c1-25(27,28)20-5-2-3-6-21(20)31-19-10-8-18(9-11-19)16-29-24(34)26(12-14-35-17-26)15-23(33)22-7-4-13-30-32-22/h2-11,13,31H,12,14-17H2,1H3,(H,29,34)/t26-/m0/s1. The summed E-state index contributed by atoms with van der Waals surface area (Å²) >= 11 is 0. The van der Waals surface area contributed by atoms with E-state index in [1.807, 2.05) is 0 Å². The van der Waals surface area contributed by atoms with Crippen LogP contribution in [-0.4, -0.2) is 35.1 Å². The molecule has 2 N–H and O–H groups in total. The van der Waals surface area contributed by atoms with E-state index in [0.717, 1.165) is 12.5 Å². The zero-order valence-corrected chi connectivity index (χ0v) is 19.3. The Bertz CT molecular complexity index is 1180. The number of nitrogens with zero attached hydrogens (tertiary/aromatic N) is 2. The van der Waals surface area contributed by atoms with E-state index in [4.69, 9.17) is 4.74 Å². The zero-order chi connectivity index (χ0) is 24.9. The molecule has 2 aromatic carbocycles. The number of benzene rings is 2. The van der Waals surface area contributed by atoms with Crippen molar-refractivity contribution in [2.24, 2.45) is 5.41 Å². The lowest BCUT2D eigenvalue weighted by Crippen LogP contribution is -2.42. The SMILES string of the molecule is CC(F)(F)c1ccccc1Nc1ccc(CNC(=O)[C@]2(CC(=O)c3cccnn3)CCOC2)cc1. The van der Waals surface area contributed by atoms with Gasteiger partial charge >= 0.3 is 0 Å². The summed E-state index contributed by atoms with van der Waals surface area (Å²) in [6.07, 6.45) is 1.91. The summed E-state index contributed by atoms with van der Waals surface area (Å²) in [6, 6.07) is 16.6. The van der Waals surface area contributed by atoms with E-state index < -0.39 is 11.3 Å². The summed E-state index contributed by atoms with van der Waals surface area (Å²) in [5, 5.41) is 13.5. The Labute approximate surface area is 201 Å². The maximum atomic E-state index is 13.9. The van der Waals surface area contributed by atoms with Gasteiger partial charge in [0.2, 0.25) is 5.91 Å². The van der Waals surface area contributed by atoms with Crippen LogP contribution in [0.25, 0.3) is 0 Å². The molecule has 0 unspecified atom stereocenters. The fraction of sp³-hybridized carbons (Fsp3) is 0.308. The van der Waals surface area contributed by atoms with Gasteiger partial charge in [-0.3, -0.25) is 9.59 Å². The highest BCUT2D eigenvalue weighted by atomic mass is 19.3. The van der Waals surface area contributed by atoms with Gasteiger partial charge in [0, 0.05) is 49.6 Å². The quantitative estimate of drug-likeness (QED) is 0.434. The minimum absolute atomic E-state index is 0.0120. The molecule has 9 heteroatoms. The number of carbonyl (C=O) groups excluding carboxylic acids is 2. The summed E-state index contributed by atoms with van der Waals surface area (Å²) in [5.74, 6) is -3.48. The van der Waals surface area contributed by atoms with Crippen LogP contribution in [0.15, 0.2) is 66.9 Å². The number of halogens is 2. The second kappa shape index (κ2) is 10.3. The molecule has 1 aliphatic heterocycles. The molecule has 0 bridgehead atoms. The Morgan fingerprint density at radius 3 is 2.51 bits per heavy atom. The first kappa shape index (κ1) is 24.4. The number of Topliss-reactive ketones (excluding diaryl/α,β-unsaturated/α-hetero) is 1. The molecule has 1 fully saturated rings. The molecule has 0 spiro atoms. The third-order valence-electron chi connectivity index (χ3n) is 6.03. The third kappa shape index (κ3) is 5.86. The summed E-state index contributed by atoms with van der Waals surface area (Å²) in [6.45, 7) is 1.68. The van der Waals surface area contributed by atoms with Crippen molar-refractivity contribution in [3.63, 3.8) is 0 Å². The van der Waals surface area contributed by atoms with Crippen LogP contribution in [-0.2, 0) is 22.0 Å². The van der Waals surface area contributed by atoms with Crippen molar-refractivity contribution in [3.8, 4) is 0 Å². The second-order valence-electron chi connectivity index (χ2n) is 8.73. The van der Waals surface area contributed by atoms with Crippen molar-refractivity contribution in [2.75, 3.05) is 18.5 Å². The van der Waals surface area contributed by atoms with E-state index in [1.54, 1.807) is 54.6 Å². The first-order valence-electron chi connectivity index (χ1n) is 11.3. The summed E-state index contributed by atoms with van der Waals surface area (Å²) in [4.78, 5) is 25.8. The number of amides is 1. The molecule has 0 saturated carbocycles. The molecule has 35 heavy (non-hydrogen) atoms. The number of ether oxygens (including phenoxy) is 1. The molecule has 1 aromatic heterocycles. The average Bonchev–Trinajstić information content (AvgIpc) is 3.33. The molecule has 182 valence electrons. The molecule has 1 saturated heterocycles. The van der Waals surface area contributed by atoms with E-state index in [-0.39, 0.29) is 42.5 Å². The third-order valence-corrected chi connectivity index (χ3v) is 6.03. The minimum atomic E-state index is -2.97. The number of alkyl halides is 2. The van der Waals surface area contributed by atoms with E-state index >= 15 is 0 Å². The Morgan fingerprint density at radius 1 is 1.09 bits per heavy atom. The molecule has 3 aromatic rings. The van der Waals surface area contributed by atoms with E-state index in [1.165, 1.54) is 12.3 Å². The van der Waals surface area contributed by atoms with Crippen LogP contribution >= 0.6 is 0 Å². The molecule has 2 heterocycles. The maximum absolute atomic E-state index is 13.9. The number of para-hydroxylation sites is 1. The summed E-state index contributed by atoms with van der Waals surface area (Å²) in [5.41, 5.74) is 0.982. The first-order chi connectivity index (χ1) is 16.8. The Morgan fingerprint density at radius 2 is 1.86 bits per heavy atom. The zero-order valence-electron chi connectivity index (χ0n) is 19.3. The number of anilines is 2. The molecule has 1 amide bonds. The monoisotopic (exact) mass is 480 g/mol. The molecule has 1 aliphatic rings. The average molecular weight is 481 g/mol. The number of hydrogen-bond donors (Lipinski definition) is 2. The lowest BCUT2D eigenvalue weighted by molar-refractivity contribution is -0.131. The fourth-order valence-electron chi connectivity index (χ4n) is 4.06. The molecule has 0 aliphatic carbocycles. The van der Waals surface area contributed by atoms with Crippen molar-refractivity contribution < 1.29 is 23.1 Å². The normalized spacial score (nSPS) is 17.7. The molecule has 4 rings (SSSR count). The first-order valence-corrected chi connectivity index (χ1v) is 11.3. The summed E-state index contributed by atoms with van der Waals surface area (Å²) in [7, 11) is 0. The van der Waals surface area contributed by atoms with Crippen molar-refractivity contribution in [2.45, 2.75) is 32.2 Å². The van der Waals surface area contributed by atoms with Crippen LogP contribution in [0.1, 0.15) is 41.4 Å². The van der Waals surface area contributed by atoms with Crippen LogP contribution in [0.5, 0.6) is 0 Å². The minimum Gasteiger partial charge on any atom is -0.380 e. The van der Waals surface area contributed by atoms with Gasteiger partial charge in [0.1, 0.15) is 5.69 Å². The van der Waals surface area contributed by atoms with Gasteiger partial charge in [-0.05, 0) is 42.3 Å². The highest BCUT2D eigenvalue weighted by Gasteiger charge is 2.44. The second-order valence-corrected chi connectivity index (χ2v) is 8.73. The van der Waals surface area contributed by atoms with Gasteiger partial charge in [-0.2, -0.15) is 5.10 Å². The lowest BCUT2D eigenvalue weighted by atomic mass is 9.80. The van der Waals surface area contributed by atoms with E-state index in [0.29, 0.717) is 24.4 Å².